The lowest BCUT2D eigenvalue weighted by atomic mass is 10.1. The summed E-state index contributed by atoms with van der Waals surface area (Å²) in [7, 11) is 0. The number of nitrogens with zero attached hydrogens (tertiary/aromatic N) is 1. The zero-order valence-electron chi connectivity index (χ0n) is 17.2. The lowest BCUT2D eigenvalue weighted by Crippen LogP contribution is -2.54. The second-order valence-corrected chi connectivity index (χ2v) is 9.84. The van der Waals surface area contributed by atoms with Crippen molar-refractivity contribution in [2.75, 3.05) is 4.90 Å². The Hall–Kier alpha value is -2.82. The molecule has 0 atom stereocenters. The van der Waals surface area contributed by atoms with Crippen LogP contribution >= 0.6 is 47.8 Å². The van der Waals surface area contributed by atoms with Gasteiger partial charge in [-0.15, -0.1) is 0 Å². The van der Waals surface area contributed by atoms with Crippen LogP contribution in [0.25, 0.3) is 6.08 Å². The molecule has 0 radical (unpaired) electrons. The number of amides is 4. The number of rotatable bonds is 5. The summed E-state index contributed by atoms with van der Waals surface area (Å²) in [4.78, 5) is 38.9. The van der Waals surface area contributed by atoms with Gasteiger partial charge in [0.1, 0.15) is 23.7 Å². The van der Waals surface area contributed by atoms with Crippen molar-refractivity contribution < 1.29 is 23.5 Å². The van der Waals surface area contributed by atoms with Crippen molar-refractivity contribution in [3.05, 3.63) is 96.6 Å². The maximum absolute atomic E-state index is 13.3. The van der Waals surface area contributed by atoms with Gasteiger partial charge < -0.3 is 4.74 Å². The predicted octanol–water partition coefficient (Wildman–Crippen LogP) is 6.36. The number of ether oxygens (including phenoxy) is 1. The highest BCUT2D eigenvalue weighted by Gasteiger charge is 2.37. The minimum Gasteiger partial charge on any atom is -0.487 e. The van der Waals surface area contributed by atoms with Crippen molar-refractivity contribution in [2.24, 2.45) is 0 Å². The Morgan fingerprint density at radius 1 is 0.912 bits per heavy atom. The maximum atomic E-state index is 13.3. The Balaban J connectivity index is 1.70. The molecule has 10 heteroatoms. The summed E-state index contributed by atoms with van der Waals surface area (Å²) < 4.78 is 21.5. The van der Waals surface area contributed by atoms with Gasteiger partial charge in [0.15, 0.2) is 0 Å². The lowest BCUT2D eigenvalue weighted by molar-refractivity contribution is -0.122. The average molecular weight is 653 g/mol. The Bertz CT molecular complexity index is 1330. The molecule has 1 fully saturated rings. The molecule has 3 aromatic carbocycles. The van der Waals surface area contributed by atoms with Crippen LogP contribution in [0.5, 0.6) is 5.75 Å². The molecule has 0 aliphatic carbocycles. The van der Waals surface area contributed by atoms with Gasteiger partial charge in [-0.25, -0.2) is 14.1 Å². The molecule has 172 valence electrons. The third-order valence-electron chi connectivity index (χ3n) is 4.82. The molecule has 6 nitrogen and oxygen atoms in total. The van der Waals surface area contributed by atoms with Crippen LogP contribution in [0, 0.1) is 5.82 Å². The molecule has 0 saturated carbocycles. The zero-order chi connectivity index (χ0) is 24.4. The van der Waals surface area contributed by atoms with Gasteiger partial charge in [0.05, 0.1) is 10.2 Å². The van der Waals surface area contributed by atoms with Gasteiger partial charge in [-0.05, 0) is 76.1 Å². The maximum Gasteiger partial charge on any atom is 0.335 e. The molecular weight excluding hydrogens is 639 g/mol. The Morgan fingerprint density at radius 3 is 2.26 bits per heavy atom. The zero-order valence-corrected chi connectivity index (χ0v) is 21.9. The van der Waals surface area contributed by atoms with E-state index in [-0.39, 0.29) is 17.9 Å². The number of nitrogens with one attached hydrogen (secondary N) is 1. The van der Waals surface area contributed by atoms with E-state index in [2.05, 4.69) is 53.1 Å². The van der Waals surface area contributed by atoms with E-state index in [9.17, 15) is 18.8 Å². The summed E-state index contributed by atoms with van der Waals surface area (Å²) in [6, 6.07) is 14.9. The van der Waals surface area contributed by atoms with Gasteiger partial charge in [-0.3, -0.25) is 14.9 Å². The molecule has 4 amide bonds. The molecular formula is C24H14Br3FN2O4. The molecule has 4 rings (SSSR count). The first-order chi connectivity index (χ1) is 16.2. The molecule has 1 saturated heterocycles. The Kier molecular flexibility index (Phi) is 7.30. The van der Waals surface area contributed by atoms with E-state index in [1.54, 1.807) is 12.1 Å². The Labute approximate surface area is 219 Å². The first kappa shape index (κ1) is 24.3. The molecule has 1 aliphatic rings. The van der Waals surface area contributed by atoms with E-state index in [4.69, 9.17) is 4.74 Å². The van der Waals surface area contributed by atoms with Crippen LogP contribution in [-0.2, 0) is 16.2 Å². The van der Waals surface area contributed by atoms with Gasteiger partial charge in [-0.2, -0.15) is 0 Å². The lowest BCUT2D eigenvalue weighted by Gasteiger charge is -2.26. The summed E-state index contributed by atoms with van der Waals surface area (Å²) >= 11 is 10.3. The number of carbonyl (C=O) groups is 3. The van der Waals surface area contributed by atoms with Crippen LogP contribution in [0.4, 0.5) is 14.9 Å². The first-order valence-electron chi connectivity index (χ1n) is 9.76. The molecule has 3 aromatic rings. The number of hydrogen-bond donors (Lipinski definition) is 1. The molecule has 0 bridgehead atoms. The summed E-state index contributed by atoms with van der Waals surface area (Å²) in [5.74, 6) is -1.80. The number of barbiturate groups is 1. The van der Waals surface area contributed by atoms with Crippen molar-refractivity contribution in [1.29, 1.82) is 0 Å². The number of halogens is 4. The number of anilines is 1. The van der Waals surface area contributed by atoms with Crippen LogP contribution in [0.2, 0.25) is 0 Å². The van der Waals surface area contributed by atoms with Crippen molar-refractivity contribution in [1.82, 2.24) is 5.32 Å². The van der Waals surface area contributed by atoms with Crippen LogP contribution in [0.1, 0.15) is 11.1 Å². The first-order valence-corrected chi connectivity index (χ1v) is 12.1. The molecule has 1 heterocycles. The normalized spacial score (nSPS) is 15.0. The molecule has 0 aromatic heterocycles. The molecule has 0 spiro atoms. The topological polar surface area (TPSA) is 75.7 Å². The van der Waals surface area contributed by atoms with E-state index in [1.807, 2.05) is 24.3 Å². The van der Waals surface area contributed by atoms with Crippen molar-refractivity contribution >= 4 is 77.4 Å². The van der Waals surface area contributed by atoms with E-state index in [0.717, 1.165) is 27.1 Å². The van der Waals surface area contributed by atoms with Crippen molar-refractivity contribution in [3.63, 3.8) is 0 Å². The highest BCUT2D eigenvalue weighted by molar-refractivity contribution is 9.11. The van der Waals surface area contributed by atoms with E-state index in [0.29, 0.717) is 20.3 Å². The van der Waals surface area contributed by atoms with Crippen molar-refractivity contribution in [2.45, 2.75) is 6.61 Å². The van der Waals surface area contributed by atoms with Crippen molar-refractivity contribution in [3.8, 4) is 5.75 Å². The van der Waals surface area contributed by atoms with E-state index in [1.165, 1.54) is 18.2 Å². The average Bonchev–Trinajstić information content (AvgIpc) is 2.78. The third kappa shape index (κ3) is 5.29. The van der Waals surface area contributed by atoms with Crippen LogP contribution < -0.4 is 15.0 Å². The predicted molar refractivity (Wildman–Crippen MR) is 136 cm³/mol. The number of imide groups is 2. The highest BCUT2D eigenvalue weighted by atomic mass is 79.9. The quantitative estimate of drug-likeness (QED) is 0.257. The van der Waals surface area contributed by atoms with E-state index >= 15 is 0 Å². The fourth-order valence-corrected chi connectivity index (χ4v) is 4.85. The number of carbonyl (C=O) groups excluding carboxylic acids is 3. The standard InChI is InChI=1S/C24H14Br3FN2O4/c25-15-3-1-13(2-4-15)12-34-21-14(9-16(26)11-20(21)27)10-19-22(31)29-24(33)30(23(19)32)18-7-5-17(28)6-8-18/h1-11H,12H2,(H,29,31,33)/b19-10+. The second kappa shape index (κ2) is 10.2. The molecule has 0 unspecified atom stereocenters. The van der Waals surface area contributed by atoms with Gasteiger partial charge in [-0.1, -0.05) is 44.0 Å². The highest BCUT2D eigenvalue weighted by Crippen LogP contribution is 2.35. The SMILES string of the molecule is O=C1NC(=O)N(c2ccc(F)cc2)C(=O)/C1=C/c1cc(Br)cc(Br)c1OCc1ccc(Br)cc1. The summed E-state index contributed by atoms with van der Waals surface area (Å²) in [6.07, 6.45) is 1.35. The fourth-order valence-electron chi connectivity index (χ4n) is 3.21. The van der Waals surface area contributed by atoms with Crippen LogP contribution in [0.3, 0.4) is 0 Å². The number of benzene rings is 3. The van der Waals surface area contributed by atoms with E-state index < -0.39 is 23.7 Å². The van der Waals surface area contributed by atoms with Crippen LogP contribution in [0.15, 0.2) is 79.7 Å². The number of urea groups is 1. The summed E-state index contributed by atoms with van der Waals surface area (Å²) in [5.41, 5.74) is 1.20. The minimum absolute atomic E-state index is 0.129. The fraction of sp³-hybridized carbons (Fsp3) is 0.0417. The van der Waals surface area contributed by atoms with Crippen LogP contribution in [-0.4, -0.2) is 17.8 Å². The molecule has 34 heavy (non-hydrogen) atoms. The smallest absolute Gasteiger partial charge is 0.335 e. The third-order valence-corrected chi connectivity index (χ3v) is 6.40. The number of hydrogen-bond acceptors (Lipinski definition) is 4. The summed E-state index contributed by atoms with van der Waals surface area (Å²) in [6.45, 7) is 0.240. The monoisotopic (exact) mass is 650 g/mol. The minimum atomic E-state index is -0.916. The second-order valence-electron chi connectivity index (χ2n) is 7.16. The van der Waals surface area contributed by atoms with Gasteiger partial charge in [0, 0.05) is 14.5 Å². The molecule has 1 aliphatic heterocycles. The van der Waals surface area contributed by atoms with Gasteiger partial charge in [0.2, 0.25) is 0 Å². The summed E-state index contributed by atoms with van der Waals surface area (Å²) in [5, 5.41) is 2.15. The van der Waals surface area contributed by atoms with Gasteiger partial charge in [0.25, 0.3) is 11.8 Å². The largest absolute Gasteiger partial charge is 0.487 e. The van der Waals surface area contributed by atoms with Gasteiger partial charge >= 0.3 is 6.03 Å². The Morgan fingerprint density at radius 2 is 1.59 bits per heavy atom. The molecule has 1 N–H and O–H groups in total.